The van der Waals surface area contributed by atoms with Crippen LogP contribution in [0.2, 0.25) is 0 Å². The second-order valence-electron chi connectivity index (χ2n) is 6.48. The Balaban J connectivity index is 1.40. The number of hydrogen-bond donors (Lipinski definition) is 1. The molecule has 2 aliphatic rings. The second kappa shape index (κ2) is 6.50. The number of amides is 2. The zero-order valence-corrected chi connectivity index (χ0v) is 13.0. The third-order valence-corrected chi connectivity index (χ3v) is 4.68. The van der Waals surface area contributed by atoms with E-state index in [4.69, 9.17) is 4.52 Å². The predicted octanol–water partition coefficient (Wildman–Crippen LogP) is 1.75. The molecule has 2 heterocycles. The molecule has 2 fully saturated rings. The fraction of sp³-hybridized carbons (Fsp3) is 0.688. The minimum absolute atomic E-state index is 0.0750. The van der Waals surface area contributed by atoms with Crippen LogP contribution in [0, 0.1) is 18.8 Å². The van der Waals surface area contributed by atoms with Crippen molar-refractivity contribution in [3.05, 3.63) is 17.5 Å². The molecule has 6 heteroatoms. The van der Waals surface area contributed by atoms with E-state index in [1.54, 1.807) is 17.9 Å². The Morgan fingerprint density at radius 1 is 1.32 bits per heavy atom. The first-order valence-electron chi connectivity index (χ1n) is 8.14. The van der Waals surface area contributed by atoms with E-state index in [2.05, 4.69) is 10.5 Å². The van der Waals surface area contributed by atoms with E-state index >= 15 is 0 Å². The second-order valence-corrected chi connectivity index (χ2v) is 6.48. The zero-order chi connectivity index (χ0) is 15.5. The number of nitrogens with zero attached hydrogens (tertiary/aromatic N) is 2. The Morgan fingerprint density at radius 3 is 2.68 bits per heavy atom. The summed E-state index contributed by atoms with van der Waals surface area (Å²) in [5, 5.41) is 6.77. The SMILES string of the molecule is Cc1cc(C(=O)N2CC(C(=O)NCC3CCCCC3)C2)no1. The fourth-order valence-electron chi connectivity index (χ4n) is 3.22. The van der Waals surface area contributed by atoms with Gasteiger partial charge in [0.15, 0.2) is 5.69 Å². The van der Waals surface area contributed by atoms with Crippen LogP contribution in [0.4, 0.5) is 0 Å². The molecule has 1 saturated carbocycles. The number of rotatable bonds is 4. The number of carbonyl (C=O) groups is 2. The smallest absolute Gasteiger partial charge is 0.276 e. The summed E-state index contributed by atoms with van der Waals surface area (Å²) in [5.74, 6) is 1.08. The maximum atomic E-state index is 12.1. The van der Waals surface area contributed by atoms with Crippen molar-refractivity contribution in [2.45, 2.75) is 39.0 Å². The van der Waals surface area contributed by atoms with Crippen LogP contribution in [0.1, 0.15) is 48.4 Å². The number of likely N-dealkylation sites (tertiary alicyclic amines) is 1. The Morgan fingerprint density at radius 2 is 2.05 bits per heavy atom. The molecule has 6 nitrogen and oxygen atoms in total. The topological polar surface area (TPSA) is 75.4 Å². The lowest BCUT2D eigenvalue weighted by Gasteiger charge is -2.38. The maximum Gasteiger partial charge on any atom is 0.276 e. The molecule has 0 atom stereocenters. The highest BCUT2D eigenvalue weighted by Crippen LogP contribution is 2.23. The van der Waals surface area contributed by atoms with Gasteiger partial charge in [0.25, 0.3) is 5.91 Å². The molecule has 0 aromatic carbocycles. The molecular formula is C16H23N3O3. The molecule has 22 heavy (non-hydrogen) atoms. The van der Waals surface area contributed by atoms with Crippen molar-refractivity contribution in [2.24, 2.45) is 11.8 Å². The molecule has 2 amide bonds. The van der Waals surface area contributed by atoms with Gasteiger partial charge in [-0.25, -0.2) is 0 Å². The highest BCUT2D eigenvalue weighted by Gasteiger charge is 2.37. The van der Waals surface area contributed by atoms with E-state index < -0.39 is 0 Å². The number of aromatic nitrogens is 1. The third kappa shape index (κ3) is 3.31. The van der Waals surface area contributed by atoms with Crippen molar-refractivity contribution in [1.29, 1.82) is 0 Å². The van der Waals surface area contributed by atoms with Crippen LogP contribution in [0.5, 0.6) is 0 Å². The molecule has 1 aromatic heterocycles. The summed E-state index contributed by atoms with van der Waals surface area (Å²) < 4.78 is 4.91. The summed E-state index contributed by atoms with van der Waals surface area (Å²) in [7, 11) is 0. The van der Waals surface area contributed by atoms with Gasteiger partial charge < -0.3 is 14.7 Å². The van der Waals surface area contributed by atoms with Crippen LogP contribution in [-0.4, -0.2) is 41.5 Å². The average Bonchev–Trinajstić information content (AvgIpc) is 2.91. The van der Waals surface area contributed by atoms with Crippen molar-refractivity contribution in [2.75, 3.05) is 19.6 Å². The standard InChI is InChI=1S/C16H23N3O3/c1-11-7-14(18-22-11)16(21)19-9-13(10-19)15(20)17-8-12-5-3-2-4-6-12/h7,12-13H,2-6,8-10H2,1H3,(H,17,20). The van der Waals surface area contributed by atoms with Gasteiger partial charge in [-0.15, -0.1) is 0 Å². The maximum absolute atomic E-state index is 12.1. The average molecular weight is 305 g/mol. The summed E-state index contributed by atoms with van der Waals surface area (Å²) in [4.78, 5) is 25.8. The lowest BCUT2D eigenvalue weighted by molar-refractivity contribution is -0.129. The van der Waals surface area contributed by atoms with Crippen LogP contribution in [0.25, 0.3) is 0 Å². The van der Waals surface area contributed by atoms with E-state index in [1.165, 1.54) is 32.1 Å². The normalized spacial score (nSPS) is 19.8. The zero-order valence-electron chi connectivity index (χ0n) is 13.0. The van der Waals surface area contributed by atoms with Crippen LogP contribution >= 0.6 is 0 Å². The van der Waals surface area contributed by atoms with E-state index in [9.17, 15) is 9.59 Å². The van der Waals surface area contributed by atoms with E-state index in [0.717, 1.165) is 6.54 Å². The predicted molar refractivity (Wildman–Crippen MR) is 80.2 cm³/mol. The summed E-state index contributed by atoms with van der Waals surface area (Å²) in [6.07, 6.45) is 6.33. The summed E-state index contributed by atoms with van der Waals surface area (Å²) in [6.45, 7) is 3.48. The van der Waals surface area contributed by atoms with Gasteiger partial charge in [0.2, 0.25) is 5.91 Å². The van der Waals surface area contributed by atoms with Gasteiger partial charge in [-0.05, 0) is 25.7 Å². The van der Waals surface area contributed by atoms with Gasteiger partial charge >= 0.3 is 0 Å². The highest BCUT2D eigenvalue weighted by molar-refractivity contribution is 5.94. The first-order valence-corrected chi connectivity index (χ1v) is 8.14. The summed E-state index contributed by atoms with van der Waals surface area (Å²) in [6, 6.07) is 1.62. The number of aryl methyl sites for hydroxylation is 1. The molecule has 3 rings (SSSR count). The monoisotopic (exact) mass is 305 g/mol. The van der Waals surface area contributed by atoms with Crippen LogP contribution in [0.15, 0.2) is 10.6 Å². The molecule has 0 bridgehead atoms. The van der Waals surface area contributed by atoms with Gasteiger partial charge in [-0.2, -0.15) is 0 Å². The van der Waals surface area contributed by atoms with Crippen LogP contribution in [-0.2, 0) is 4.79 Å². The number of carbonyl (C=O) groups excluding carboxylic acids is 2. The fourth-order valence-corrected chi connectivity index (χ4v) is 3.22. The molecule has 1 aliphatic heterocycles. The Kier molecular flexibility index (Phi) is 4.45. The third-order valence-electron chi connectivity index (χ3n) is 4.68. The van der Waals surface area contributed by atoms with Gasteiger partial charge in [0.05, 0.1) is 5.92 Å². The van der Waals surface area contributed by atoms with Gasteiger partial charge in [-0.1, -0.05) is 24.4 Å². The summed E-state index contributed by atoms with van der Waals surface area (Å²) in [5.41, 5.74) is 0.318. The van der Waals surface area contributed by atoms with Crippen molar-refractivity contribution in [1.82, 2.24) is 15.4 Å². The first-order chi connectivity index (χ1) is 10.6. The van der Waals surface area contributed by atoms with Crippen molar-refractivity contribution in [3.63, 3.8) is 0 Å². The molecule has 120 valence electrons. The summed E-state index contributed by atoms with van der Waals surface area (Å²) >= 11 is 0. The Hall–Kier alpha value is -1.85. The van der Waals surface area contributed by atoms with Crippen molar-refractivity contribution in [3.8, 4) is 0 Å². The quantitative estimate of drug-likeness (QED) is 0.919. The van der Waals surface area contributed by atoms with Crippen molar-refractivity contribution < 1.29 is 14.1 Å². The van der Waals surface area contributed by atoms with E-state index in [0.29, 0.717) is 30.5 Å². The van der Waals surface area contributed by atoms with E-state index in [1.807, 2.05) is 0 Å². The molecule has 1 saturated heterocycles. The molecule has 0 radical (unpaired) electrons. The van der Waals surface area contributed by atoms with Crippen LogP contribution < -0.4 is 5.32 Å². The molecule has 0 unspecified atom stereocenters. The first kappa shape index (κ1) is 15.1. The molecular weight excluding hydrogens is 282 g/mol. The minimum Gasteiger partial charge on any atom is -0.361 e. The van der Waals surface area contributed by atoms with Gasteiger partial charge in [-0.3, -0.25) is 9.59 Å². The molecule has 1 aliphatic carbocycles. The minimum atomic E-state index is -0.159. The number of nitrogens with one attached hydrogen (secondary N) is 1. The van der Waals surface area contributed by atoms with Crippen LogP contribution in [0.3, 0.4) is 0 Å². The van der Waals surface area contributed by atoms with Crippen molar-refractivity contribution >= 4 is 11.8 Å². The Bertz CT molecular complexity index is 543. The molecule has 0 spiro atoms. The Labute approximate surface area is 130 Å². The lowest BCUT2D eigenvalue weighted by atomic mass is 9.89. The lowest BCUT2D eigenvalue weighted by Crippen LogP contribution is -2.56. The van der Waals surface area contributed by atoms with E-state index in [-0.39, 0.29) is 17.7 Å². The van der Waals surface area contributed by atoms with Gasteiger partial charge in [0, 0.05) is 25.7 Å². The number of hydrogen-bond acceptors (Lipinski definition) is 4. The molecule has 1 aromatic rings. The largest absolute Gasteiger partial charge is 0.361 e. The highest BCUT2D eigenvalue weighted by atomic mass is 16.5. The molecule has 1 N–H and O–H groups in total. The van der Waals surface area contributed by atoms with Gasteiger partial charge in [0.1, 0.15) is 5.76 Å².